The number of likely N-dealkylation sites (tertiary alicyclic amines) is 1. The molecule has 1 aliphatic heterocycles. The normalized spacial score (nSPS) is 16.9. The van der Waals surface area contributed by atoms with Gasteiger partial charge in [0.05, 0.1) is 0 Å². The molecule has 0 N–H and O–H groups in total. The largest absolute Gasteiger partial charge is 0.444 e. The lowest BCUT2D eigenvalue weighted by molar-refractivity contribution is 0.0205. The predicted octanol–water partition coefficient (Wildman–Crippen LogP) is 5.22. The maximum Gasteiger partial charge on any atom is 0.410 e. The minimum atomic E-state index is -0.439. The lowest BCUT2D eigenvalue weighted by Crippen LogP contribution is -2.41. The molecule has 5 heteroatoms. The van der Waals surface area contributed by atoms with Gasteiger partial charge in [0.1, 0.15) is 5.60 Å². The van der Waals surface area contributed by atoms with E-state index in [1.807, 2.05) is 32.9 Å². The first-order valence-corrected chi connectivity index (χ1v) is 8.35. The molecule has 1 aromatic carbocycles. The van der Waals surface area contributed by atoms with E-state index in [0.29, 0.717) is 5.92 Å². The summed E-state index contributed by atoms with van der Waals surface area (Å²) in [4.78, 5) is 13.8. The number of rotatable bonds is 1. The number of nitrogens with zero attached hydrogens (tertiary/aromatic N) is 1. The number of halogens is 2. The highest BCUT2D eigenvalue weighted by Crippen LogP contribution is 2.32. The summed E-state index contributed by atoms with van der Waals surface area (Å²) in [5.74, 6) is 0.443. The van der Waals surface area contributed by atoms with Crippen molar-refractivity contribution in [3.8, 4) is 0 Å². The number of hydrogen-bond acceptors (Lipinski definition) is 2. The van der Waals surface area contributed by atoms with Crippen molar-refractivity contribution in [1.29, 1.82) is 0 Å². The van der Waals surface area contributed by atoms with Crippen LogP contribution < -0.4 is 0 Å². The van der Waals surface area contributed by atoms with E-state index >= 15 is 0 Å². The van der Waals surface area contributed by atoms with Crippen LogP contribution in [0.2, 0.25) is 5.02 Å². The van der Waals surface area contributed by atoms with Gasteiger partial charge in [-0.1, -0.05) is 27.5 Å². The molecular weight excluding hydrogens is 354 g/mol. The smallest absolute Gasteiger partial charge is 0.410 e. The van der Waals surface area contributed by atoms with Gasteiger partial charge < -0.3 is 9.64 Å². The molecule has 1 fully saturated rings. The van der Waals surface area contributed by atoms with Crippen LogP contribution in [0.1, 0.15) is 45.1 Å². The summed E-state index contributed by atoms with van der Waals surface area (Å²) in [7, 11) is 0. The molecular formula is C16H21BrClNO2. The highest BCUT2D eigenvalue weighted by molar-refractivity contribution is 9.10. The topological polar surface area (TPSA) is 29.5 Å². The van der Waals surface area contributed by atoms with E-state index in [1.54, 1.807) is 4.90 Å². The molecule has 1 heterocycles. The minimum absolute atomic E-state index is 0.215. The molecule has 1 aromatic rings. The Morgan fingerprint density at radius 3 is 2.43 bits per heavy atom. The molecule has 2 rings (SSSR count). The number of amides is 1. The fourth-order valence-corrected chi connectivity index (χ4v) is 3.42. The van der Waals surface area contributed by atoms with Crippen molar-refractivity contribution in [2.45, 2.75) is 45.1 Å². The SMILES string of the molecule is CC(C)(C)OC(=O)N1CCC(c2cc(Cl)cc(Br)c2)CC1. The van der Waals surface area contributed by atoms with Crippen molar-refractivity contribution in [2.75, 3.05) is 13.1 Å². The third-order valence-corrected chi connectivity index (χ3v) is 4.18. The molecule has 3 nitrogen and oxygen atoms in total. The molecule has 0 unspecified atom stereocenters. The van der Waals surface area contributed by atoms with Gasteiger partial charge in [0.2, 0.25) is 0 Å². The Morgan fingerprint density at radius 1 is 1.29 bits per heavy atom. The maximum absolute atomic E-state index is 12.0. The third kappa shape index (κ3) is 4.89. The van der Waals surface area contributed by atoms with Gasteiger partial charge in [0, 0.05) is 22.6 Å². The van der Waals surface area contributed by atoms with Crippen LogP contribution in [0.25, 0.3) is 0 Å². The standard InChI is InChI=1S/C16H21BrClNO2/c1-16(2,3)21-15(20)19-6-4-11(5-7-19)12-8-13(17)10-14(18)9-12/h8-11H,4-7H2,1-3H3. The molecule has 1 saturated heterocycles. The zero-order chi connectivity index (χ0) is 15.6. The summed E-state index contributed by atoms with van der Waals surface area (Å²) < 4.78 is 6.41. The van der Waals surface area contributed by atoms with Gasteiger partial charge in [-0.2, -0.15) is 0 Å². The lowest BCUT2D eigenvalue weighted by Gasteiger charge is -2.33. The Balaban J connectivity index is 1.95. The molecule has 1 amide bonds. The summed E-state index contributed by atoms with van der Waals surface area (Å²) in [6, 6.07) is 6.01. The molecule has 21 heavy (non-hydrogen) atoms. The minimum Gasteiger partial charge on any atom is -0.444 e. The molecule has 116 valence electrons. The van der Waals surface area contributed by atoms with Crippen LogP contribution in [0.15, 0.2) is 22.7 Å². The average Bonchev–Trinajstić information content (AvgIpc) is 2.35. The first kappa shape index (κ1) is 16.6. The van der Waals surface area contributed by atoms with E-state index in [2.05, 4.69) is 22.0 Å². The van der Waals surface area contributed by atoms with Crippen molar-refractivity contribution in [1.82, 2.24) is 4.90 Å². The second-order valence-electron chi connectivity index (χ2n) is 6.44. The van der Waals surface area contributed by atoms with Crippen LogP contribution in [0, 0.1) is 0 Å². The summed E-state index contributed by atoms with van der Waals surface area (Å²) in [6.45, 7) is 7.12. The van der Waals surface area contributed by atoms with E-state index in [1.165, 1.54) is 5.56 Å². The molecule has 0 saturated carbocycles. The number of benzene rings is 1. The van der Waals surface area contributed by atoms with Crippen LogP contribution in [-0.4, -0.2) is 29.7 Å². The highest BCUT2D eigenvalue weighted by atomic mass is 79.9. The van der Waals surface area contributed by atoms with Gasteiger partial charge >= 0.3 is 6.09 Å². The quantitative estimate of drug-likeness (QED) is 0.674. The zero-order valence-corrected chi connectivity index (χ0v) is 15.0. The molecule has 0 spiro atoms. The fourth-order valence-electron chi connectivity index (χ4n) is 2.53. The van der Waals surface area contributed by atoms with Crippen LogP contribution in [0.5, 0.6) is 0 Å². The Kier molecular flexibility index (Phi) is 5.20. The van der Waals surface area contributed by atoms with Crippen molar-refractivity contribution >= 4 is 33.6 Å². The fraction of sp³-hybridized carbons (Fsp3) is 0.562. The molecule has 0 bridgehead atoms. The van der Waals surface area contributed by atoms with Crippen molar-refractivity contribution < 1.29 is 9.53 Å². The number of hydrogen-bond donors (Lipinski definition) is 0. The van der Waals surface area contributed by atoms with Crippen molar-refractivity contribution in [3.05, 3.63) is 33.3 Å². The van der Waals surface area contributed by atoms with Crippen LogP contribution in [0.4, 0.5) is 4.79 Å². The average molecular weight is 375 g/mol. The Bertz CT molecular complexity index is 499. The Hall–Kier alpha value is -0.740. The summed E-state index contributed by atoms with van der Waals surface area (Å²) in [5, 5.41) is 0.744. The zero-order valence-electron chi connectivity index (χ0n) is 12.7. The second-order valence-corrected chi connectivity index (χ2v) is 7.80. The third-order valence-electron chi connectivity index (χ3n) is 3.50. The van der Waals surface area contributed by atoms with E-state index in [-0.39, 0.29) is 6.09 Å². The van der Waals surface area contributed by atoms with Crippen molar-refractivity contribution in [2.24, 2.45) is 0 Å². The van der Waals surface area contributed by atoms with Gasteiger partial charge in [-0.25, -0.2) is 4.79 Å². The Morgan fingerprint density at radius 2 is 1.90 bits per heavy atom. The van der Waals surface area contributed by atoms with E-state index in [9.17, 15) is 4.79 Å². The predicted molar refractivity (Wildman–Crippen MR) is 88.9 cm³/mol. The highest BCUT2D eigenvalue weighted by Gasteiger charge is 2.27. The van der Waals surface area contributed by atoms with Crippen LogP contribution in [-0.2, 0) is 4.74 Å². The lowest BCUT2D eigenvalue weighted by atomic mass is 9.90. The molecule has 0 atom stereocenters. The number of carbonyl (C=O) groups is 1. The van der Waals surface area contributed by atoms with Gasteiger partial charge in [0.25, 0.3) is 0 Å². The summed E-state index contributed by atoms with van der Waals surface area (Å²) in [6.07, 6.45) is 1.66. The Labute approximate surface area is 139 Å². The van der Waals surface area contributed by atoms with E-state index < -0.39 is 5.60 Å². The second kappa shape index (κ2) is 6.57. The van der Waals surface area contributed by atoms with Crippen molar-refractivity contribution in [3.63, 3.8) is 0 Å². The molecule has 0 radical (unpaired) electrons. The van der Waals surface area contributed by atoms with Crippen LogP contribution in [0.3, 0.4) is 0 Å². The van der Waals surface area contributed by atoms with E-state index in [4.69, 9.17) is 16.3 Å². The molecule has 0 aromatic heterocycles. The van der Waals surface area contributed by atoms with E-state index in [0.717, 1.165) is 35.4 Å². The van der Waals surface area contributed by atoms with Gasteiger partial charge in [0.15, 0.2) is 0 Å². The molecule has 0 aliphatic carbocycles. The van der Waals surface area contributed by atoms with Gasteiger partial charge in [-0.15, -0.1) is 0 Å². The number of piperidine rings is 1. The summed E-state index contributed by atoms with van der Waals surface area (Å²) >= 11 is 9.59. The monoisotopic (exact) mass is 373 g/mol. The first-order valence-electron chi connectivity index (χ1n) is 7.18. The maximum atomic E-state index is 12.0. The first-order chi connectivity index (χ1) is 9.74. The molecule has 1 aliphatic rings. The van der Waals surface area contributed by atoms with Gasteiger partial charge in [-0.3, -0.25) is 0 Å². The van der Waals surface area contributed by atoms with Crippen LogP contribution >= 0.6 is 27.5 Å². The number of ether oxygens (including phenoxy) is 1. The van der Waals surface area contributed by atoms with Gasteiger partial charge in [-0.05, 0) is 63.3 Å². The summed E-state index contributed by atoms with van der Waals surface area (Å²) in [5.41, 5.74) is 0.796. The number of carbonyl (C=O) groups excluding carboxylic acids is 1.